The van der Waals surface area contributed by atoms with E-state index in [1.54, 1.807) is 18.2 Å². The molecule has 2 atom stereocenters. The Balaban J connectivity index is 1.32. The lowest BCUT2D eigenvalue weighted by Crippen LogP contribution is -2.31. The number of methoxy groups -OCH3 is 1. The lowest BCUT2D eigenvalue weighted by molar-refractivity contribution is -0.0589. The number of hydrogen-bond acceptors (Lipinski definition) is 8. The van der Waals surface area contributed by atoms with Gasteiger partial charge in [0.1, 0.15) is 12.4 Å². The van der Waals surface area contributed by atoms with Crippen LogP contribution in [-0.4, -0.2) is 45.4 Å². The Morgan fingerprint density at radius 1 is 1.09 bits per heavy atom. The Bertz CT molecular complexity index is 2010. The molecule has 0 spiro atoms. The van der Waals surface area contributed by atoms with Gasteiger partial charge in [-0.25, -0.2) is 14.8 Å². The van der Waals surface area contributed by atoms with E-state index in [1.807, 2.05) is 36.4 Å². The summed E-state index contributed by atoms with van der Waals surface area (Å²) in [6.07, 6.45) is 1.87. The quantitative estimate of drug-likeness (QED) is 0.239. The third-order valence-electron chi connectivity index (χ3n) is 9.02. The lowest BCUT2D eigenvalue weighted by Gasteiger charge is -2.27. The molecule has 0 saturated carbocycles. The van der Waals surface area contributed by atoms with Crippen molar-refractivity contribution in [2.75, 3.05) is 13.7 Å². The predicted molar refractivity (Wildman–Crippen MR) is 171 cm³/mol. The van der Waals surface area contributed by atoms with Crippen LogP contribution in [0.5, 0.6) is 5.88 Å². The number of aliphatic hydroxyl groups is 1. The maximum Gasteiger partial charge on any atom is 0.337 e. The maximum atomic E-state index is 12.4. The first-order chi connectivity index (χ1) is 22.4. The fraction of sp³-hybridized carbons (Fsp3) is 0.297. The highest BCUT2D eigenvalue weighted by atomic mass is 16.5. The number of esters is 1. The second-order valence-electron chi connectivity index (χ2n) is 12.0. The molecule has 0 amide bonds. The third kappa shape index (κ3) is 5.73. The largest absolute Gasteiger partial charge is 0.473 e. The van der Waals surface area contributed by atoms with E-state index in [1.165, 1.54) is 7.11 Å². The van der Waals surface area contributed by atoms with Gasteiger partial charge in [-0.3, -0.25) is 0 Å². The van der Waals surface area contributed by atoms with Gasteiger partial charge in [-0.2, -0.15) is 5.26 Å². The van der Waals surface area contributed by atoms with Crippen LogP contribution in [0.1, 0.15) is 68.5 Å². The summed E-state index contributed by atoms with van der Waals surface area (Å²) in [5.41, 5.74) is 9.20. The summed E-state index contributed by atoms with van der Waals surface area (Å²) in [4.78, 5) is 22.2. The van der Waals surface area contributed by atoms with Crippen LogP contribution in [0, 0.1) is 18.3 Å². The van der Waals surface area contributed by atoms with Gasteiger partial charge in [-0.15, -0.1) is 0 Å². The number of carbonyl (C=O) groups excluding carboxylic acids is 1. The number of carbonyl (C=O) groups is 1. The van der Waals surface area contributed by atoms with Gasteiger partial charge >= 0.3 is 5.97 Å². The molecule has 9 heteroatoms. The second-order valence-corrected chi connectivity index (χ2v) is 12.0. The number of fused-ring (bicyclic) bond motifs is 7. The van der Waals surface area contributed by atoms with E-state index < -0.39 is 12.1 Å². The zero-order valence-corrected chi connectivity index (χ0v) is 25.8. The number of hydrogen-bond donors (Lipinski definition) is 1. The number of aliphatic hydroxyl groups excluding tert-OH is 1. The molecule has 9 nitrogen and oxygen atoms in total. The fourth-order valence-electron chi connectivity index (χ4n) is 6.40. The molecule has 0 aliphatic carbocycles. The first-order valence-corrected chi connectivity index (χ1v) is 15.5. The maximum absolute atomic E-state index is 12.4. The van der Waals surface area contributed by atoms with Crippen molar-refractivity contribution >= 4 is 17.0 Å². The molecule has 5 aromatic rings. The van der Waals surface area contributed by atoms with Crippen molar-refractivity contribution < 1.29 is 24.1 Å². The van der Waals surface area contributed by atoms with Crippen LogP contribution in [0.4, 0.5) is 0 Å². The number of aromatic nitrogens is 3. The Labute approximate surface area is 267 Å². The number of nitriles is 1. The number of nitrogens with zero attached hydrogens (tertiary/aromatic N) is 4. The summed E-state index contributed by atoms with van der Waals surface area (Å²) in [5.74, 6) is 0.973. The second kappa shape index (κ2) is 12.4. The first kappa shape index (κ1) is 29.7. The summed E-state index contributed by atoms with van der Waals surface area (Å²) < 4.78 is 19.0. The van der Waals surface area contributed by atoms with Gasteiger partial charge in [0.15, 0.2) is 0 Å². The number of pyridine rings is 1. The number of benzene rings is 3. The normalized spacial score (nSPS) is 17.3. The van der Waals surface area contributed by atoms with Crippen molar-refractivity contribution in [3.63, 3.8) is 0 Å². The molecule has 1 fully saturated rings. The Morgan fingerprint density at radius 2 is 1.96 bits per heavy atom. The van der Waals surface area contributed by atoms with Crippen molar-refractivity contribution in [2.24, 2.45) is 0 Å². The van der Waals surface area contributed by atoms with Crippen molar-refractivity contribution in [3.05, 3.63) is 111 Å². The summed E-state index contributed by atoms with van der Waals surface area (Å²) >= 11 is 0. The van der Waals surface area contributed by atoms with Crippen LogP contribution in [0.15, 0.2) is 66.7 Å². The number of rotatable bonds is 5. The molecule has 2 aliphatic heterocycles. The molecule has 232 valence electrons. The highest BCUT2D eigenvalue weighted by Crippen LogP contribution is 2.33. The summed E-state index contributed by atoms with van der Waals surface area (Å²) in [7, 11) is 1.38. The van der Waals surface area contributed by atoms with E-state index in [4.69, 9.17) is 24.2 Å². The zero-order valence-electron chi connectivity index (χ0n) is 25.8. The van der Waals surface area contributed by atoms with Gasteiger partial charge < -0.3 is 23.9 Å². The van der Waals surface area contributed by atoms with Crippen molar-refractivity contribution in [1.82, 2.24) is 14.5 Å². The molecule has 1 saturated heterocycles. The van der Waals surface area contributed by atoms with Gasteiger partial charge in [-0.1, -0.05) is 18.2 Å². The van der Waals surface area contributed by atoms with Crippen LogP contribution in [0.25, 0.3) is 22.3 Å². The van der Waals surface area contributed by atoms with E-state index in [0.29, 0.717) is 48.4 Å². The minimum Gasteiger partial charge on any atom is -0.473 e. The minimum atomic E-state index is -0.793. The first-order valence-electron chi connectivity index (χ1n) is 15.5. The summed E-state index contributed by atoms with van der Waals surface area (Å²) in [6.45, 7) is 3.69. The molecule has 7 rings (SSSR count). The van der Waals surface area contributed by atoms with E-state index in [9.17, 15) is 15.2 Å². The topological polar surface area (TPSA) is 119 Å². The third-order valence-corrected chi connectivity index (χ3v) is 9.02. The van der Waals surface area contributed by atoms with E-state index in [2.05, 4.69) is 29.7 Å². The van der Waals surface area contributed by atoms with Gasteiger partial charge in [0, 0.05) is 24.7 Å². The summed E-state index contributed by atoms with van der Waals surface area (Å²) in [5, 5.41) is 21.0. The molecular formula is C37H34N4O5. The van der Waals surface area contributed by atoms with Gasteiger partial charge in [0.05, 0.1) is 59.8 Å². The molecule has 1 unspecified atom stereocenters. The average molecular weight is 615 g/mol. The minimum absolute atomic E-state index is 0.0880. The number of imidazole rings is 1. The van der Waals surface area contributed by atoms with Crippen LogP contribution < -0.4 is 4.74 Å². The van der Waals surface area contributed by atoms with Crippen molar-refractivity contribution in [2.45, 2.75) is 58.0 Å². The SMILES string of the molecule is COC(=O)c1ccc2nc(Cc3cc(C)c4cc3CCC(O)c3cc(C#N)ccc3COc3cccc-4n3)n(C[C@@H]3CCO3)c2c1. The monoisotopic (exact) mass is 614 g/mol. The predicted octanol–water partition coefficient (Wildman–Crippen LogP) is 6.00. The van der Waals surface area contributed by atoms with Gasteiger partial charge in [-0.05, 0) is 96.5 Å². The van der Waals surface area contributed by atoms with Crippen molar-refractivity contribution in [3.8, 4) is 23.2 Å². The number of ether oxygens (including phenoxy) is 3. The smallest absolute Gasteiger partial charge is 0.337 e. The van der Waals surface area contributed by atoms with Crippen molar-refractivity contribution in [1.29, 1.82) is 5.26 Å². The van der Waals surface area contributed by atoms with Crippen LogP contribution in [-0.2, 0) is 35.5 Å². The molecule has 2 aromatic heterocycles. The van der Waals surface area contributed by atoms with Gasteiger partial charge in [0.25, 0.3) is 0 Å². The fourth-order valence-corrected chi connectivity index (χ4v) is 6.40. The van der Waals surface area contributed by atoms with Crippen LogP contribution in [0.3, 0.4) is 0 Å². The standard InChI is InChI=1S/C37H34N4O5/c1-22-14-27(18-35-39-32-10-8-25(37(43)44-2)17-33(32)41(35)20-28-12-13-45-28)24-9-11-34(42)30-15-23(19-38)6-7-26(30)21-46-36-5-3-4-31(40-36)29(22)16-24/h3-8,10,14-17,28,34,42H,9,11-13,18,20-21H2,1-2H3/t28-,34?/m0/s1. The molecule has 1 N–H and O–H groups in total. The summed E-state index contributed by atoms with van der Waals surface area (Å²) in [6, 6.07) is 23.1. The Hall–Kier alpha value is -5.04. The molecule has 3 aromatic carbocycles. The van der Waals surface area contributed by atoms with E-state index in [-0.39, 0.29) is 12.7 Å². The Morgan fingerprint density at radius 3 is 2.74 bits per heavy atom. The van der Waals surface area contributed by atoms with Crippen LogP contribution >= 0.6 is 0 Å². The molecule has 4 bridgehead atoms. The highest BCUT2D eigenvalue weighted by Gasteiger charge is 2.24. The Kier molecular flexibility index (Phi) is 7.99. The molecule has 2 aliphatic rings. The molecule has 4 heterocycles. The average Bonchev–Trinajstić information content (AvgIpc) is 3.39. The van der Waals surface area contributed by atoms with Crippen LogP contribution in [0.2, 0.25) is 0 Å². The van der Waals surface area contributed by atoms with Gasteiger partial charge in [0.2, 0.25) is 5.88 Å². The lowest BCUT2D eigenvalue weighted by atomic mass is 9.90. The van der Waals surface area contributed by atoms with E-state index in [0.717, 1.165) is 63.4 Å². The highest BCUT2D eigenvalue weighted by molar-refractivity contribution is 5.93. The molecular weight excluding hydrogens is 580 g/mol. The molecule has 0 radical (unpaired) electrons. The molecule has 46 heavy (non-hydrogen) atoms. The zero-order chi connectivity index (χ0) is 31.8. The number of aryl methyl sites for hydroxylation is 2. The van der Waals surface area contributed by atoms with E-state index >= 15 is 0 Å².